The van der Waals surface area contributed by atoms with Crippen LogP contribution in [0.3, 0.4) is 0 Å². The lowest BCUT2D eigenvalue weighted by molar-refractivity contribution is 0.276. The molecule has 0 spiro atoms. The maximum Gasteiger partial charge on any atom is 0.214 e. The van der Waals surface area contributed by atoms with Gasteiger partial charge in [0.15, 0.2) is 0 Å². The molecule has 6 nitrogen and oxygen atoms in total. The second-order valence-corrected chi connectivity index (χ2v) is 5.70. The molecule has 3 rings (SSSR count). The van der Waals surface area contributed by atoms with E-state index in [0.29, 0.717) is 29.3 Å². The highest BCUT2D eigenvalue weighted by atomic mass is 16.3. The van der Waals surface area contributed by atoms with Gasteiger partial charge in [-0.3, -0.25) is 0 Å². The van der Waals surface area contributed by atoms with Gasteiger partial charge in [-0.25, -0.2) is 4.98 Å². The van der Waals surface area contributed by atoms with Crippen molar-refractivity contribution >= 4 is 0 Å². The van der Waals surface area contributed by atoms with Crippen LogP contribution in [0.2, 0.25) is 0 Å². The summed E-state index contributed by atoms with van der Waals surface area (Å²) < 4.78 is 7.35. The van der Waals surface area contributed by atoms with E-state index < -0.39 is 0 Å². The zero-order valence-electron chi connectivity index (χ0n) is 13.9. The van der Waals surface area contributed by atoms with E-state index in [1.165, 1.54) is 6.26 Å². The van der Waals surface area contributed by atoms with Gasteiger partial charge >= 0.3 is 0 Å². The second-order valence-electron chi connectivity index (χ2n) is 5.70. The number of benzene rings is 1. The van der Waals surface area contributed by atoms with Crippen LogP contribution >= 0.6 is 0 Å². The molecule has 0 fully saturated rings. The quantitative estimate of drug-likeness (QED) is 0.791. The zero-order valence-corrected chi connectivity index (χ0v) is 13.9. The van der Waals surface area contributed by atoms with Gasteiger partial charge in [-0.2, -0.15) is 10.5 Å². The Bertz CT molecular complexity index is 998. The average Bonchev–Trinajstić information content (AvgIpc) is 3.19. The van der Waals surface area contributed by atoms with Gasteiger partial charge in [0, 0.05) is 17.0 Å². The molecule has 6 heteroatoms. The monoisotopic (exact) mass is 332 g/mol. The van der Waals surface area contributed by atoms with E-state index >= 15 is 0 Å². The highest BCUT2D eigenvalue weighted by Crippen LogP contribution is 2.32. The maximum absolute atomic E-state index is 9.62. The van der Waals surface area contributed by atoms with E-state index in [2.05, 4.69) is 17.1 Å². The summed E-state index contributed by atoms with van der Waals surface area (Å²) in [4.78, 5) is 4.21. The maximum atomic E-state index is 9.62. The Morgan fingerprint density at radius 3 is 2.40 bits per heavy atom. The molecular formula is C19H16N4O2. The second kappa shape index (κ2) is 6.64. The first-order chi connectivity index (χ1) is 12.1. The smallest absolute Gasteiger partial charge is 0.214 e. The summed E-state index contributed by atoms with van der Waals surface area (Å²) in [5.74, 6) is 0.473. The molecule has 1 aromatic carbocycles. The first-order valence-corrected chi connectivity index (χ1v) is 7.73. The molecule has 2 aromatic heterocycles. The van der Waals surface area contributed by atoms with Crippen molar-refractivity contribution in [2.45, 2.75) is 27.0 Å². The van der Waals surface area contributed by atoms with Crippen LogP contribution in [0.15, 0.2) is 34.9 Å². The number of oxazole rings is 1. The predicted octanol–water partition coefficient (Wildman–Crippen LogP) is 3.04. The van der Waals surface area contributed by atoms with Crippen LogP contribution in [0.5, 0.6) is 0 Å². The fraction of sp³-hybridized carbons (Fsp3) is 0.211. The Hall–Kier alpha value is -3.35. The SMILES string of the molecule is Cc1c(C#N)c(-c2ccc(C#N)cc2)c(C)n1Cc1nc(CO)co1. The Morgan fingerprint density at radius 1 is 1.12 bits per heavy atom. The third kappa shape index (κ3) is 2.91. The Kier molecular flexibility index (Phi) is 4.38. The third-order valence-electron chi connectivity index (χ3n) is 4.25. The van der Waals surface area contributed by atoms with Crippen LogP contribution in [0.25, 0.3) is 11.1 Å². The van der Waals surface area contributed by atoms with Crippen molar-refractivity contribution < 1.29 is 9.52 Å². The molecule has 0 atom stereocenters. The van der Waals surface area contributed by atoms with Crippen molar-refractivity contribution in [3.05, 3.63) is 64.6 Å². The molecule has 0 saturated carbocycles. The van der Waals surface area contributed by atoms with Crippen LogP contribution in [0.1, 0.15) is 34.1 Å². The van der Waals surface area contributed by atoms with Crippen molar-refractivity contribution in [3.8, 4) is 23.3 Å². The number of aliphatic hydroxyl groups excluding tert-OH is 1. The molecule has 1 N–H and O–H groups in total. The van der Waals surface area contributed by atoms with Crippen LogP contribution in [0.4, 0.5) is 0 Å². The Labute approximate surface area is 145 Å². The van der Waals surface area contributed by atoms with Crippen molar-refractivity contribution in [1.82, 2.24) is 9.55 Å². The van der Waals surface area contributed by atoms with Crippen LogP contribution in [-0.4, -0.2) is 14.7 Å². The van der Waals surface area contributed by atoms with E-state index in [1.807, 2.05) is 30.5 Å². The summed E-state index contributed by atoms with van der Waals surface area (Å²) in [6.45, 7) is 4.03. The fourth-order valence-electron chi connectivity index (χ4n) is 2.95. The molecule has 124 valence electrons. The Morgan fingerprint density at radius 2 is 1.84 bits per heavy atom. The minimum absolute atomic E-state index is 0.174. The predicted molar refractivity (Wildman–Crippen MR) is 90.3 cm³/mol. The van der Waals surface area contributed by atoms with Crippen LogP contribution in [-0.2, 0) is 13.2 Å². The van der Waals surface area contributed by atoms with Crippen LogP contribution in [0, 0.1) is 36.5 Å². The summed E-state index contributed by atoms with van der Waals surface area (Å²) >= 11 is 0. The number of rotatable bonds is 4. The van der Waals surface area contributed by atoms with Gasteiger partial charge in [-0.15, -0.1) is 0 Å². The summed E-state index contributed by atoms with van der Waals surface area (Å²) in [5, 5.41) is 27.7. The van der Waals surface area contributed by atoms with Gasteiger partial charge in [-0.05, 0) is 31.5 Å². The van der Waals surface area contributed by atoms with Crippen molar-refractivity contribution in [3.63, 3.8) is 0 Å². The van der Waals surface area contributed by atoms with Crippen molar-refractivity contribution in [1.29, 1.82) is 10.5 Å². The Balaban J connectivity index is 2.07. The van der Waals surface area contributed by atoms with Gasteiger partial charge in [0.05, 0.1) is 30.3 Å². The lowest BCUT2D eigenvalue weighted by Gasteiger charge is -2.07. The standard InChI is InChI=1S/C19H16N4O2/c1-12-17(8-21)19(15-5-3-14(7-20)4-6-15)13(2)23(12)9-18-22-16(10-24)11-25-18/h3-6,11,24H,9-10H2,1-2H3. The summed E-state index contributed by atoms with van der Waals surface area (Å²) in [6, 6.07) is 11.5. The van der Waals surface area contributed by atoms with Crippen molar-refractivity contribution in [2.24, 2.45) is 0 Å². The number of nitriles is 2. The molecule has 0 radical (unpaired) electrons. The molecule has 0 aliphatic rings. The molecular weight excluding hydrogens is 316 g/mol. The highest BCUT2D eigenvalue weighted by Gasteiger charge is 2.20. The van der Waals surface area contributed by atoms with E-state index in [-0.39, 0.29) is 6.61 Å². The normalized spacial score (nSPS) is 10.4. The van der Waals surface area contributed by atoms with E-state index in [1.54, 1.807) is 12.1 Å². The molecule has 25 heavy (non-hydrogen) atoms. The van der Waals surface area contributed by atoms with E-state index in [4.69, 9.17) is 14.8 Å². The molecule has 0 unspecified atom stereocenters. The highest BCUT2D eigenvalue weighted by molar-refractivity contribution is 5.75. The van der Waals surface area contributed by atoms with Gasteiger partial charge in [0.25, 0.3) is 0 Å². The summed E-state index contributed by atoms with van der Waals surface area (Å²) in [5.41, 5.74) is 5.12. The molecule has 0 amide bonds. The summed E-state index contributed by atoms with van der Waals surface area (Å²) in [7, 11) is 0. The van der Waals surface area contributed by atoms with Gasteiger partial charge < -0.3 is 14.1 Å². The molecule has 3 aromatic rings. The molecule has 2 heterocycles. The molecule has 0 saturated heterocycles. The molecule has 0 aliphatic carbocycles. The van der Waals surface area contributed by atoms with Crippen molar-refractivity contribution in [2.75, 3.05) is 0 Å². The third-order valence-corrected chi connectivity index (χ3v) is 4.25. The van der Waals surface area contributed by atoms with Gasteiger partial charge in [0.2, 0.25) is 5.89 Å². The lowest BCUT2D eigenvalue weighted by atomic mass is 10.0. The molecule has 0 bridgehead atoms. The van der Waals surface area contributed by atoms with E-state index in [0.717, 1.165) is 22.5 Å². The first-order valence-electron chi connectivity index (χ1n) is 7.73. The fourth-order valence-corrected chi connectivity index (χ4v) is 2.95. The zero-order chi connectivity index (χ0) is 18.0. The van der Waals surface area contributed by atoms with E-state index in [9.17, 15) is 5.26 Å². The molecule has 0 aliphatic heterocycles. The van der Waals surface area contributed by atoms with Crippen LogP contribution < -0.4 is 0 Å². The summed E-state index contributed by atoms with van der Waals surface area (Å²) in [6.07, 6.45) is 1.43. The minimum atomic E-state index is -0.174. The topological polar surface area (TPSA) is 98.8 Å². The number of nitrogens with zero attached hydrogens (tertiary/aromatic N) is 4. The van der Waals surface area contributed by atoms with Gasteiger partial charge in [-0.1, -0.05) is 12.1 Å². The first kappa shape index (κ1) is 16.5. The number of hydrogen-bond donors (Lipinski definition) is 1. The van der Waals surface area contributed by atoms with Gasteiger partial charge in [0.1, 0.15) is 18.0 Å². The number of aromatic nitrogens is 2. The number of aliphatic hydroxyl groups is 1. The lowest BCUT2D eigenvalue weighted by Crippen LogP contribution is -2.04. The average molecular weight is 332 g/mol. The number of hydrogen-bond acceptors (Lipinski definition) is 5. The largest absolute Gasteiger partial charge is 0.447 e. The minimum Gasteiger partial charge on any atom is -0.447 e.